The fraction of sp³-hybridized carbons (Fsp3) is 0.263. The lowest BCUT2D eigenvalue weighted by molar-refractivity contribution is -0.142. The Morgan fingerprint density at radius 3 is 2.70 bits per heavy atom. The van der Waals surface area contributed by atoms with Crippen molar-refractivity contribution in [1.82, 2.24) is 15.0 Å². The van der Waals surface area contributed by atoms with Crippen LogP contribution in [0.5, 0.6) is 0 Å². The van der Waals surface area contributed by atoms with E-state index >= 15 is 0 Å². The molecule has 4 N–H and O–H groups in total. The van der Waals surface area contributed by atoms with E-state index in [0.29, 0.717) is 43.3 Å². The Morgan fingerprint density at radius 1 is 1.15 bits per heavy atom. The standard InChI is InChI=1S/C19H20N6O2/c20-15-17(24-14-5-1-3-12-4-2-8-21-16(12)14)22-11-23-18(15)25-9-6-13(7-10-25)19(26)27/h1-5,8,11,13H,6-7,9-10,20H2,(H,26,27)(H,22,23,24). The monoisotopic (exact) mass is 364 g/mol. The summed E-state index contributed by atoms with van der Waals surface area (Å²) in [6.45, 7) is 1.21. The molecule has 1 fully saturated rings. The minimum absolute atomic E-state index is 0.302. The van der Waals surface area contributed by atoms with E-state index in [1.54, 1.807) is 6.20 Å². The fourth-order valence-electron chi connectivity index (χ4n) is 3.41. The Labute approximate surface area is 156 Å². The zero-order chi connectivity index (χ0) is 18.8. The molecule has 0 spiro atoms. The zero-order valence-corrected chi connectivity index (χ0v) is 14.7. The number of para-hydroxylation sites is 1. The highest BCUT2D eigenvalue weighted by atomic mass is 16.4. The van der Waals surface area contributed by atoms with Gasteiger partial charge in [-0.15, -0.1) is 0 Å². The van der Waals surface area contributed by atoms with Gasteiger partial charge in [0.15, 0.2) is 11.6 Å². The highest BCUT2D eigenvalue weighted by Gasteiger charge is 2.26. The lowest BCUT2D eigenvalue weighted by atomic mass is 9.97. The first-order chi connectivity index (χ1) is 13.1. The Balaban J connectivity index is 1.60. The highest BCUT2D eigenvalue weighted by Crippen LogP contribution is 2.32. The smallest absolute Gasteiger partial charge is 0.306 e. The van der Waals surface area contributed by atoms with Gasteiger partial charge in [0.1, 0.15) is 12.0 Å². The number of piperidine rings is 1. The fourth-order valence-corrected chi connectivity index (χ4v) is 3.41. The van der Waals surface area contributed by atoms with Crippen molar-refractivity contribution in [2.24, 2.45) is 5.92 Å². The maximum Gasteiger partial charge on any atom is 0.306 e. The molecule has 0 atom stereocenters. The molecular formula is C19H20N6O2. The average Bonchev–Trinajstić information content (AvgIpc) is 2.70. The molecule has 1 saturated heterocycles. The van der Waals surface area contributed by atoms with Gasteiger partial charge in [-0.05, 0) is 25.0 Å². The van der Waals surface area contributed by atoms with Crippen molar-refractivity contribution in [3.8, 4) is 0 Å². The molecule has 0 radical (unpaired) electrons. The summed E-state index contributed by atoms with van der Waals surface area (Å²) in [5, 5.41) is 13.4. The molecule has 0 unspecified atom stereocenters. The van der Waals surface area contributed by atoms with Gasteiger partial charge in [0.25, 0.3) is 0 Å². The molecule has 0 amide bonds. The second-order valence-corrected chi connectivity index (χ2v) is 6.56. The van der Waals surface area contributed by atoms with Crippen molar-refractivity contribution in [3.63, 3.8) is 0 Å². The summed E-state index contributed by atoms with van der Waals surface area (Å²) in [7, 11) is 0. The minimum atomic E-state index is -0.740. The normalized spacial score (nSPS) is 15.0. The minimum Gasteiger partial charge on any atom is -0.481 e. The molecular weight excluding hydrogens is 344 g/mol. The van der Waals surface area contributed by atoms with Crippen LogP contribution in [0.2, 0.25) is 0 Å². The van der Waals surface area contributed by atoms with Gasteiger partial charge in [-0.3, -0.25) is 9.78 Å². The second-order valence-electron chi connectivity index (χ2n) is 6.56. The zero-order valence-electron chi connectivity index (χ0n) is 14.7. The van der Waals surface area contributed by atoms with Crippen LogP contribution in [0, 0.1) is 5.92 Å². The van der Waals surface area contributed by atoms with Crippen molar-refractivity contribution in [2.45, 2.75) is 12.8 Å². The van der Waals surface area contributed by atoms with Crippen molar-refractivity contribution >= 4 is 39.9 Å². The first-order valence-corrected chi connectivity index (χ1v) is 8.82. The summed E-state index contributed by atoms with van der Waals surface area (Å²) >= 11 is 0. The van der Waals surface area contributed by atoms with E-state index in [1.165, 1.54) is 6.33 Å². The van der Waals surface area contributed by atoms with Crippen LogP contribution in [0.1, 0.15) is 12.8 Å². The van der Waals surface area contributed by atoms with E-state index < -0.39 is 5.97 Å². The molecule has 138 valence electrons. The van der Waals surface area contributed by atoms with Gasteiger partial charge in [-0.1, -0.05) is 18.2 Å². The van der Waals surface area contributed by atoms with Crippen LogP contribution in [0.15, 0.2) is 42.9 Å². The van der Waals surface area contributed by atoms with Gasteiger partial charge in [0.05, 0.1) is 17.1 Å². The van der Waals surface area contributed by atoms with Crippen LogP contribution in [0.3, 0.4) is 0 Å². The van der Waals surface area contributed by atoms with E-state index in [9.17, 15) is 4.79 Å². The van der Waals surface area contributed by atoms with Crippen LogP contribution >= 0.6 is 0 Å². The Bertz CT molecular complexity index is 980. The number of anilines is 4. The number of carbonyl (C=O) groups is 1. The molecule has 0 saturated carbocycles. The van der Waals surface area contributed by atoms with Crippen molar-refractivity contribution in [3.05, 3.63) is 42.9 Å². The maximum atomic E-state index is 11.1. The van der Waals surface area contributed by atoms with E-state index in [0.717, 1.165) is 16.6 Å². The lowest BCUT2D eigenvalue weighted by Crippen LogP contribution is -2.37. The number of nitrogens with zero attached hydrogens (tertiary/aromatic N) is 4. The largest absolute Gasteiger partial charge is 0.481 e. The molecule has 4 rings (SSSR count). The summed E-state index contributed by atoms with van der Waals surface area (Å²) in [5.41, 5.74) is 8.43. The third-order valence-corrected chi connectivity index (χ3v) is 4.89. The molecule has 3 heterocycles. The Morgan fingerprint density at radius 2 is 1.93 bits per heavy atom. The Kier molecular flexibility index (Phi) is 4.45. The third kappa shape index (κ3) is 3.33. The van der Waals surface area contributed by atoms with E-state index in [4.69, 9.17) is 10.8 Å². The number of nitrogen functional groups attached to an aromatic ring is 1. The number of aromatic nitrogens is 3. The SMILES string of the molecule is Nc1c(Nc2cccc3cccnc23)ncnc1N1CCC(C(=O)O)CC1. The number of fused-ring (bicyclic) bond motifs is 1. The predicted molar refractivity (Wildman–Crippen MR) is 104 cm³/mol. The number of hydrogen-bond donors (Lipinski definition) is 3. The molecule has 3 aromatic rings. The van der Waals surface area contributed by atoms with Crippen molar-refractivity contribution < 1.29 is 9.90 Å². The van der Waals surface area contributed by atoms with Crippen LogP contribution in [0.25, 0.3) is 10.9 Å². The molecule has 0 aliphatic carbocycles. The average molecular weight is 364 g/mol. The number of hydrogen-bond acceptors (Lipinski definition) is 7. The topological polar surface area (TPSA) is 117 Å². The number of carboxylic acids is 1. The molecule has 1 aliphatic heterocycles. The van der Waals surface area contributed by atoms with Gasteiger partial charge in [-0.2, -0.15) is 0 Å². The molecule has 2 aromatic heterocycles. The first-order valence-electron chi connectivity index (χ1n) is 8.82. The summed E-state index contributed by atoms with van der Waals surface area (Å²) in [6.07, 6.45) is 4.37. The number of nitrogens with two attached hydrogens (primary N) is 1. The first kappa shape index (κ1) is 17.0. The van der Waals surface area contributed by atoms with Crippen LogP contribution < -0.4 is 16.0 Å². The van der Waals surface area contributed by atoms with Crippen LogP contribution in [0.4, 0.5) is 23.0 Å². The maximum absolute atomic E-state index is 11.1. The molecule has 8 heteroatoms. The molecule has 8 nitrogen and oxygen atoms in total. The summed E-state index contributed by atoms with van der Waals surface area (Å²) in [5.74, 6) is 0.0998. The quantitative estimate of drug-likeness (QED) is 0.647. The van der Waals surface area contributed by atoms with Crippen LogP contribution in [-0.4, -0.2) is 39.1 Å². The molecule has 1 aliphatic rings. The molecule has 27 heavy (non-hydrogen) atoms. The third-order valence-electron chi connectivity index (χ3n) is 4.89. The van der Waals surface area contributed by atoms with Gasteiger partial charge < -0.3 is 21.1 Å². The van der Waals surface area contributed by atoms with Gasteiger partial charge in [0, 0.05) is 24.7 Å². The van der Waals surface area contributed by atoms with E-state index in [2.05, 4.69) is 20.3 Å². The van der Waals surface area contributed by atoms with E-state index in [-0.39, 0.29) is 5.92 Å². The number of carboxylic acid groups (broad SMARTS) is 1. The number of rotatable bonds is 4. The predicted octanol–water partition coefficient (Wildman–Crippen LogP) is 2.65. The summed E-state index contributed by atoms with van der Waals surface area (Å²) in [4.78, 5) is 26.2. The van der Waals surface area contributed by atoms with Gasteiger partial charge in [0.2, 0.25) is 0 Å². The number of pyridine rings is 1. The van der Waals surface area contributed by atoms with Crippen molar-refractivity contribution in [1.29, 1.82) is 0 Å². The summed E-state index contributed by atoms with van der Waals surface area (Å²) in [6, 6.07) is 9.75. The van der Waals surface area contributed by atoms with E-state index in [1.807, 2.05) is 35.2 Å². The lowest BCUT2D eigenvalue weighted by Gasteiger charge is -2.31. The van der Waals surface area contributed by atoms with Gasteiger partial charge >= 0.3 is 5.97 Å². The van der Waals surface area contributed by atoms with Crippen molar-refractivity contribution in [2.75, 3.05) is 29.0 Å². The second kappa shape index (κ2) is 7.06. The molecule has 1 aromatic carbocycles. The number of nitrogens with one attached hydrogen (secondary N) is 1. The van der Waals surface area contributed by atoms with Gasteiger partial charge in [-0.25, -0.2) is 9.97 Å². The number of benzene rings is 1. The Hall–Kier alpha value is -3.42. The summed E-state index contributed by atoms with van der Waals surface area (Å²) < 4.78 is 0. The number of aliphatic carboxylic acids is 1. The highest BCUT2D eigenvalue weighted by molar-refractivity contribution is 5.93. The van der Waals surface area contributed by atoms with Crippen LogP contribution in [-0.2, 0) is 4.79 Å². The molecule has 0 bridgehead atoms.